The molecule has 0 aromatic heterocycles. The van der Waals surface area contributed by atoms with Crippen molar-refractivity contribution in [3.8, 4) is 0 Å². The number of rotatable bonds is 4. The van der Waals surface area contributed by atoms with Gasteiger partial charge in [0.1, 0.15) is 0 Å². The number of benzene rings is 2. The second kappa shape index (κ2) is 6.67. The van der Waals surface area contributed by atoms with Gasteiger partial charge in [0.2, 0.25) is 0 Å². The number of aryl methyl sites for hydroxylation is 1. The highest BCUT2D eigenvalue weighted by atomic mass is 32.2. The maximum atomic E-state index is 6.33. The molecule has 0 saturated carbocycles. The van der Waals surface area contributed by atoms with Crippen LogP contribution < -0.4 is 5.73 Å². The molecule has 2 aromatic carbocycles. The van der Waals surface area contributed by atoms with Crippen molar-refractivity contribution in [3.63, 3.8) is 0 Å². The molecular formula is C19H25NS. The van der Waals surface area contributed by atoms with E-state index >= 15 is 0 Å². The molecule has 1 unspecified atom stereocenters. The average molecular weight is 299 g/mol. The summed E-state index contributed by atoms with van der Waals surface area (Å²) < 4.78 is 0. The van der Waals surface area contributed by atoms with Crippen LogP contribution in [0.4, 0.5) is 0 Å². The fourth-order valence-electron chi connectivity index (χ4n) is 2.22. The van der Waals surface area contributed by atoms with Gasteiger partial charge in [-0.1, -0.05) is 63.2 Å². The topological polar surface area (TPSA) is 26.0 Å². The summed E-state index contributed by atoms with van der Waals surface area (Å²) >= 11 is 1.83. The highest BCUT2D eigenvalue weighted by Gasteiger charge is 2.14. The van der Waals surface area contributed by atoms with Gasteiger partial charge >= 0.3 is 0 Å². The zero-order valence-electron chi connectivity index (χ0n) is 13.4. The summed E-state index contributed by atoms with van der Waals surface area (Å²) in [5.74, 6) is 0.902. The Bertz CT molecular complexity index is 581. The van der Waals surface area contributed by atoms with Crippen LogP contribution in [0, 0.1) is 6.92 Å². The molecule has 0 spiro atoms. The average Bonchev–Trinajstić information content (AvgIpc) is 2.45. The van der Waals surface area contributed by atoms with Crippen molar-refractivity contribution in [2.45, 2.75) is 44.0 Å². The highest BCUT2D eigenvalue weighted by Crippen LogP contribution is 2.27. The van der Waals surface area contributed by atoms with E-state index in [1.165, 1.54) is 21.6 Å². The number of nitrogens with two attached hydrogens (primary N) is 1. The van der Waals surface area contributed by atoms with Crippen LogP contribution in [0.3, 0.4) is 0 Å². The van der Waals surface area contributed by atoms with E-state index in [1.807, 2.05) is 11.8 Å². The molecule has 0 radical (unpaired) electrons. The standard InChI is InChI=1S/C19H25NS/c1-14-7-5-6-8-18(14)21-13-17(20)15-9-11-16(12-10-15)19(2,3)4/h5-12,17H,13,20H2,1-4H3. The monoisotopic (exact) mass is 299 g/mol. The van der Waals surface area contributed by atoms with Crippen LogP contribution in [0.1, 0.15) is 43.5 Å². The Morgan fingerprint density at radius 3 is 2.19 bits per heavy atom. The van der Waals surface area contributed by atoms with Gasteiger partial charge < -0.3 is 5.73 Å². The molecule has 0 heterocycles. The van der Waals surface area contributed by atoms with Crippen LogP contribution in [0.5, 0.6) is 0 Å². The molecule has 1 nitrogen and oxygen atoms in total. The Labute approximate surface area is 133 Å². The van der Waals surface area contributed by atoms with Crippen LogP contribution >= 0.6 is 11.8 Å². The Hall–Kier alpha value is -1.25. The minimum atomic E-state index is 0.0728. The highest BCUT2D eigenvalue weighted by molar-refractivity contribution is 7.99. The van der Waals surface area contributed by atoms with E-state index in [9.17, 15) is 0 Å². The third kappa shape index (κ3) is 4.36. The lowest BCUT2D eigenvalue weighted by Crippen LogP contribution is -2.15. The number of hydrogen-bond donors (Lipinski definition) is 1. The molecule has 2 N–H and O–H groups in total. The maximum Gasteiger partial charge on any atom is 0.0390 e. The summed E-state index contributed by atoms with van der Waals surface area (Å²) in [5.41, 5.74) is 10.4. The molecule has 2 rings (SSSR count). The summed E-state index contributed by atoms with van der Waals surface area (Å²) in [4.78, 5) is 1.32. The first-order valence-electron chi connectivity index (χ1n) is 7.42. The molecule has 112 valence electrons. The van der Waals surface area contributed by atoms with Crippen LogP contribution in [0.2, 0.25) is 0 Å². The van der Waals surface area contributed by atoms with Gasteiger partial charge in [0.25, 0.3) is 0 Å². The van der Waals surface area contributed by atoms with Crippen molar-refractivity contribution in [3.05, 3.63) is 65.2 Å². The molecule has 2 heteroatoms. The van der Waals surface area contributed by atoms with E-state index in [0.717, 1.165) is 5.75 Å². The molecule has 0 saturated heterocycles. The summed E-state index contributed by atoms with van der Waals surface area (Å²) in [6, 6.07) is 17.3. The second-order valence-corrected chi connectivity index (χ2v) is 7.62. The van der Waals surface area contributed by atoms with Gasteiger partial charge in [-0.05, 0) is 35.1 Å². The van der Waals surface area contributed by atoms with E-state index in [-0.39, 0.29) is 11.5 Å². The van der Waals surface area contributed by atoms with Crippen LogP contribution in [0.25, 0.3) is 0 Å². The summed E-state index contributed by atoms with van der Waals surface area (Å²) in [5, 5.41) is 0. The Kier molecular flexibility index (Phi) is 5.13. The van der Waals surface area contributed by atoms with Crippen molar-refractivity contribution < 1.29 is 0 Å². The molecule has 0 aliphatic heterocycles. The van der Waals surface area contributed by atoms with Gasteiger partial charge in [-0.2, -0.15) is 0 Å². The van der Waals surface area contributed by atoms with Crippen molar-refractivity contribution in [2.24, 2.45) is 5.73 Å². The molecule has 0 fully saturated rings. The summed E-state index contributed by atoms with van der Waals surface area (Å²) in [6.45, 7) is 8.84. The van der Waals surface area contributed by atoms with E-state index in [0.29, 0.717) is 0 Å². The van der Waals surface area contributed by atoms with Crippen molar-refractivity contribution in [2.75, 3.05) is 5.75 Å². The van der Waals surface area contributed by atoms with Crippen molar-refractivity contribution >= 4 is 11.8 Å². The van der Waals surface area contributed by atoms with Crippen molar-refractivity contribution in [1.29, 1.82) is 0 Å². The molecule has 0 amide bonds. The number of hydrogen-bond acceptors (Lipinski definition) is 2. The van der Waals surface area contributed by atoms with Gasteiger partial charge in [-0.25, -0.2) is 0 Å². The largest absolute Gasteiger partial charge is 0.323 e. The Morgan fingerprint density at radius 2 is 1.62 bits per heavy atom. The van der Waals surface area contributed by atoms with E-state index in [1.54, 1.807) is 0 Å². The van der Waals surface area contributed by atoms with Gasteiger partial charge in [-0.3, -0.25) is 0 Å². The van der Waals surface area contributed by atoms with Crippen LogP contribution in [0.15, 0.2) is 53.4 Å². The predicted octanol–water partition coefficient (Wildman–Crippen LogP) is 5.08. The van der Waals surface area contributed by atoms with Crippen LogP contribution in [-0.4, -0.2) is 5.75 Å². The third-order valence-electron chi connectivity index (χ3n) is 3.72. The number of thioether (sulfide) groups is 1. The molecule has 2 aromatic rings. The van der Waals surface area contributed by atoms with Gasteiger partial charge in [0, 0.05) is 16.7 Å². The molecule has 0 aliphatic rings. The predicted molar refractivity (Wildman–Crippen MR) is 94.0 cm³/mol. The van der Waals surface area contributed by atoms with Gasteiger partial charge in [0.15, 0.2) is 0 Å². The van der Waals surface area contributed by atoms with Crippen molar-refractivity contribution in [1.82, 2.24) is 0 Å². The third-order valence-corrected chi connectivity index (χ3v) is 5.01. The van der Waals surface area contributed by atoms with E-state index < -0.39 is 0 Å². The molecule has 0 aliphatic carbocycles. The quantitative estimate of drug-likeness (QED) is 0.796. The normalized spacial score (nSPS) is 13.2. The van der Waals surface area contributed by atoms with Gasteiger partial charge in [0.05, 0.1) is 0 Å². The lowest BCUT2D eigenvalue weighted by Gasteiger charge is -2.20. The SMILES string of the molecule is Cc1ccccc1SCC(N)c1ccc(C(C)(C)C)cc1. The zero-order chi connectivity index (χ0) is 15.5. The first-order valence-corrected chi connectivity index (χ1v) is 8.41. The van der Waals surface area contributed by atoms with Crippen LogP contribution in [-0.2, 0) is 5.41 Å². The van der Waals surface area contributed by atoms with Gasteiger partial charge in [-0.15, -0.1) is 11.8 Å². The Morgan fingerprint density at radius 1 is 1.00 bits per heavy atom. The first-order chi connectivity index (χ1) is 9.88. The molecule has 0 bridgehead atoms. The minimum Gasteiger partial charge on any atom is -0.323 e. The lowest BCUT2D eigenvalue weighted by atomic mass is 9.86. The fraction of sp³-hybridized carbons (Fsp3) is 0.368. The van der Waals surface area contributed by atoms with E-state index in [4.69, 9.17) is 5.73 Å². The minimum absolute atomic E-state index is 0.0728. The fourth-order valence-corrected chi connectivity index (χ4v) is 3.25. The second-order valence-electron chi connectivity index (χ2n) is 6.56. The molecular weight excluding hydrogens is 274 g/mol. The smallest absolute Gasteiger partial charge is 0.0390 e. The molecule has 21 heavy (non-hydrogen) atoms. The zero-order valence-corrected chi connectivity index (χ0v) is 14.2. The summed E-state index contributed by atoms with van der Waals surface area (Å²) in [6.07, 6.45) is 0. The maximum absolute atomic E-state index is 6.33. The van der Waals surface area contributed by atoms with E-state index in [2.05, 4.69) is 76.2 Å². The summed E-state index contributed by atoms with van der Waals surface area (Å²) in [7, 11) is 0. The Balaban J connectivity index is 2.01. The lowest BCUT2D eigenvalue weighted by molar-refractivity contribution is 0.589. The first kappa shape index (κ1) is 16.1. The molecule has 1 atom stereocenters.